The second kappa shape index (κ2) is 12.5. The molecule has 6 rings (SSSR count). The van der Waals surface area contributed by atoms with Crippen LogP contribution in [0.3, 0.4) is 0 Å². The highest BCUT2D eigenvalue weighted by molar-refractivity contribution is 5.83. The molecule has 5 heteroatoms. The summed E-state index contributed by atoms with van der Waals surface area (Å²) >= 11 is 0. The fourth-order valence-electron chi connectivity index (χ4n) is 8.37. The van der Waals surface area contributed by atoms with Crippen molar-refractivity contribution in [2.24, 2.45) is 17.9 Å². The lowest BCUT2D eigenvalue weighted by atomic mass is 9.69. The summed E-state index contributed by atoms with van der Waals surface area (Å²) in [4.78, 5) is 11.8. The summed E-state index contributed by atoms with van der Waals surface area (Å²) in [7, 11) is 2.16. The van der Waals surface area contributed by atoms with Crippen molar-refractivity contribution in [3.63, 3.8) is 0 Å². The number of esters is 1. The largest absolute Gasteiger partial charge is 0.466 e. The van der Waals surface area contributed by atoms with Crippen LogP contribution >= 0.6 is 0 Å². The number of ether oxygens (including phenoxy) is 2. The van der Waals surface area contributed by atoms with Crippen LogP contribution in [0.2, 0.25) is 0 Å². The van der Waals surface area contributed by atoms with Crippen LogP contribution in [0, 0.1) is 10.8 Å². The minimum absolute atomic E-state index is 0. The summed E-state index contributed by atoms with van der Waals surface area (Å²) in [6, 6.07) is 9.54. The number of benzene rings is 2. The van der Waals surface area contributed by atoms with E-state index in [4.69, 9.17) is 9.47 Å². The van der Waals surface area contributed by atoms with Crippen molar-refractivity contribution in [2.75, 3.05) is 6.61 Å². The smallest absolute Gasteiger partial charge is 0.305 e. The van der Waals surface area contributed by atoms with Crippen LogP contribution in [0.5, 0.6) is 11.5 Å². The van der Waals surface area contributed by atoms with Crippen molar-refractivity contribution in [1.29, 1.82) is 0 Å². The molecule has 0 saturated heterocycles. The second-order valence-corrected chi connectivity index (χ2v) is 15.2. The van der Waals surface area contributed by atoms with E-state index >= 15 is 0 Å². The molecular weight excluding hydrogens is 556 g/mol. The van der Waals surface area contributed by atoms with Crippen LogP contribution in [0.25, 0.3) is 11.6 Å². The molecule has 2 unspecified atom stereocenters. The first-order valence-corrected chi connectivity index (χ1v) is 16.8. The van der Waals surface area contributed by atoms with Gasteiger partial charge in [-0.2, -0.15) is 0 Å². The van der Waals surface area contributed by atoms with Crippen LogP contribution < -0.4 is 19.7 Å². The molecule has 1 aromatic heterocycles. The Morgan fingerprint density at radius 1 is 1.00 bits per heavy atom. The van der Waals surface area contributed by atoms with Gasteiger partial charge in [-0.15, -0.1) is 0 Å². The van der Waals surface area contributed by atoms with Gasteiger partial charge in [0.1, 0.15) is 23.9 Å². The molecule has 2 heterocycles. The highest BCUT2D eigenvalue weighted by Gasteiger charge is 2.35. The first-order valence-electron chi connectivity index (χ1n) is 16.8. The number of hydrogen-bond donors (Lipinski definition) is 0. The van der Waals surface area contributed by atoms with Gasteiger partial charge in [0, 0.05) is 17.2 Å². The highest BCUT2D eigenvalue weighted by atomic mass is 16.5. The number of rotatable bonds is 8. The minimum atomic E-state index is -0.0920. The molecule has 0 fully saturated rings. The van der Waals surface area contributed by atoms with Gasteiger partial charge >= 0.3 is 5.97 Å². The van der Waals surface area contributed by atoms with E-state index in [2.05, 4.69) is 100 Å². The lowest BCUT2D eigenvalue weighted by molar-refractivity contribution is -0.673. The normalized spacial score (nSPS) is 20.4. The first kappa shape index (κ1) is 33.0. The number of carbonyl (C=O) groups is 1. The molecule has 0 spiro atoms. The van der Waals surface area contributed by atoms with E-state index in [1.54, 1.807) is 0 Å². The molecule has 5 nitrogen and oxygen atoms in total. The average molecular weight is 612 g/mol. The van der Waals surface area contributed by atoms with Crippen molar-refractivity contribution in [2.45, 2.75) is 119 Å². The summed E-state index contributed by atoms with van der Waals surface area (Å²) < 4.78 is 16.7. The Morgan fingerprint density at radius 3 is 2.51 bits per heavy atom. The number of imidazole rings is 1. The molecule has 242 valence electrons. The minimum Gasteiger partial charge on any atom is -0.466 e. The van der Waals surface area contributed by atoms with E-state index in [1.807, 2.05) is 6.92 Å². The van der Waals surface area contributed by atoms with E-state index in [1.165, 1.54) is 50.5 Å². The molecule has 2 aliphatic carbocycles. The van der Waals surface area contributed by atoms with Gasteiger partial charge in [0.05, 0.1) is 25.8 Å². The average Bonchev–Trinajstić information content (AvgIpc) is 3.28. The van der Waals surface area contributed by atoms with Crippen molar-refractivity contribution in [1.82, 2.24) is 4.57 Å². The van der Waals surface area contributed by atoms with Gasteiger partial charge in [0.2, 0.25) is 0 Å². The third-order valence-electron chi connectivity index (χ3n) is 10.0. The van der Waals surface area contributed by atoms with Crippen LogP contribution in [0.15, 0.2) is 36.7 Å². The predicted molar refractivity (Wildman–Crippen MR) is 183 cm³/mol. The molecule has 0 N–H and O–H groups in total. The number of carbonyl (C=O) groups excluding carboxylic acids is 1. The maximum Gasteiger partial charge on any atom is 0.305 e. The Balaban J connectivity index is 0.00000400. The Bertz CT molecular complexity index is 1720. The quantitative estimate of drug-likeness (QED) is 0.116. The molecule has 45 heavy (non-hydrogen) atoms. The SMILES string of the molecule is C.CCOC(=O)CCCCCn1cc[n+](C)c1C1=c2cc3c(cc2Oc2cc4c(cc21)C(C)CC(C)(C)C4)=CC(C)(C)CC3C. The molecule has 2 aromatic carbocycles. The van der Waals surface area contributed by atoms with Gasteiger partial charge in [0.25, 0.3) is 5.82 Å². The van der Waals surface area contributed by atoms with Crippen molar-refractivity contribution in [3.05, 3.63) is 75.2 Å². The number of nitrogens with zero attached hydrogens (tertiary/aromatic N) is 2. The fourth-order valence-corrected chi connectivity index (χ4v) is 8.37. The highest BCUT2D eigenvalue weighted by Crippen LogP contribution is 2.47. The zero-order valence-corrected chi connectivity index (χ0v) is 28.2. The fraction of sp³-hybridized carbons (Fsp3) is 0.550. The summed E-state index contributed by atoms with van der Waals surface area (Å²) in [6.07, 6.45) is 13.6. The van der Waals surface area contributed by atoms with E-state index < -0.39 is 0 Å². The molecule has 0 amide bonds. The lowest BCUT2D eigenvalue weighted by Crippen LogP contribution is -2.36. The summed E-state index contributed by atoms with van der Waals surface area (Å²) in [5, 5.41) is 2.50. The number of fused-ring (bicyclic) bond motifs is 4. The molecule has 0 radical (unpaired) electrons. The second-order valence-electron chi connectivity index (χ2n) is 15.2. The topological polar surface area (TPSA) is 44.3 Å². The Labute approximate surface area is 271 Å². The third-order valence-corrected chi connectivity index (χ3v) is 10.0. The standard InChI is InChI=1S/C39H51N2O3.CH4/c1-9-43-35(42)13-11-10-12-14-41-16-15-40(8)37(41)36-31-19-29-25(2)21-38(4,5)23-27(29)17-33(31)44-34-18-28-24-39(6,7)22-26(3)30(28)20-32(34)36;/h15-20,23,25-26H,9-14,21-22,24H2,1-8H3;1H4/q+1;. The summed E-state index contributed by atoms with van der Waals surface area (Å²) in [5.74, 6) is 4.02. The molecule has 3 aromatic rings. The molecule has 2 atom stereocenters. The van der Waals surface area contributed by atoms with Crippen molar-refractivity contribution >= 4 is 17.6 Å². The maximum absolute atomic E-state index is 11.8. The molecule has 1 aliphatic heterocycles. The Morgan fingerprint density at radius 2 is 1.76 bits per heavy atom. The van der Waals surface area contributed by atoms with E-state index in [0.717, 1.165) is 50.1 Å². The van der Waals surface area contributed by atoms with E-state index in [9.17, 15) is 4.79 Å². The van der Waals surface area contributed by atoms with Gasteiger partial charge in [-0.25, -0.2) is 9.13 Å². The predicted octanol–water partition coefficient (Wildman–Crippen LogP) is 7.82. The van der Waals surface area contributed by atoms with Gasteiger partial charge in [-0.3, -0.25) is 4.79 Å². The van der Waals surface area contributed by atoms with Crippen molar-refractivity contribution in [3.8, 4) is 11.5 Å². The van der Waals surface area contributed by atoms with E-state index in [0.29, 0.717) is 24.9 Å². The number of hydrogen-bond acceptors (Lipinski definition) is 3. The zero-order chi connectivity index (χ0) is 31.4. The van der Waals surface area contributed by atoms with Gasteiger partial charge in [-0.1, -0.05) is 55.0 Å². The third kappa shape index (κ3) is 6.50. The molecule has 0 bridgehead atoms. The van der Waals surface area contributed by atoms with Crippen LogP contribution in [0.1, 0.15) is 134 Å². The van der Waals surface area contributed by atoms with Gasteiger partial charge < -0.3 is 9.47 Å². The van der Waals surface area contributed by atoms with Gasteiger partial charge in [0.15, 0.2) is 0 Å². The number of unbranched alkanes of at least 4 members (excludes halogenated alkanes) is 2. The van der Waals surface area contributed by atoms with Crippen LogP contribution in [-0.2, 0) is 29.5 Å². The number of aromatic nitrogens is 2. The Hall–Kier alpha value is -3.34. The van der Waals surface area contributed by atoms with Crippen LogP contribution in [-0.4, -0.2) is 17.1 Å². The number of aryl methyl sites for hydroxylation is 2. The molecule has 0 saturated carbocycles. The van der Waals surface area contributed by atoms with E-state index in [-0.39, 0.29) is 24.2 Å². The Kier molecular flexibility index (Phi) is 9.14. The maximum atomic E-state index is 11.8. The zero-order valence-electron chi connectivity index (χ0n) is 28.2. The lowest BCUT2D eigenvalue weighted by Gasteiger charge is -2.36. The van der Waals surface area contributed by atoms with Crippen LogP contribution in [0.4, 0.5) is 0 Å². The monoisotopic (exact) mass is 611 g/mol. The molecule has 3 aliphatic rings. The summed E-state index contributed by atoms with van der Waals surface area (Å²) in [5.41, 5.74) is 7.22. The molecular formula is C40H55N2O3+. The van der Waals surface area contributed by atoms with Gasteiger partial charge in [-0.05, 0) is 114 Å². The summed E-state index contributed by atoms with van der Waals surface area (Å²) in [6.45, 7) is 17.4. The first-order chi connectivity index (χ1) is 20.9. The van der Waals surface area contributed by atoms with Crippen molar-refractivity contribution < 1.29 is 18.8 Å².